The summed E-state index contributed by atoms with van der Waals surface area (Å²) in [4.78, 5) is 38.2. The molecule has 10 heteroatoms. The summed E-state index contributed by atoms with van der Waals surface area (Å²) in [5, 5.41) is 8.84. The second-order valence-corrected chi connectivity index (χ2v) is 9.15. The molecule has 0 radical (unpaired) electrons. The third-order valence-electron chi connectivity index (χ3n) is 4.30. The fourth-order valence-electron chi connectivity index (χ4n) is 2.86. The number of hydrogen-bond acceptors (Lipinski definition) is 7. The Morgan fingerprint density at radius 3 is 2.56 bits per heavy atom. The highest BCUT2D eigenvalue weighted by molar-refractivity contribution is 9.11. The topological polar surface area (TPSA) is 96.7 Å². The Hall–Kier alpha value is -2.61. The number of amides is 2. The molecule has 2 aromatic rings. The zero-order valence-corrected chi connectivity index (χ0v) is 20.8. The Balaban J connectivity index is 1.78. The molecule has 1 heterocycles. The van der Waals surface area contributed by atoms with E-state index < -0.39 is 17.1 Å². The first-order valence-electron chi connectivity index (χ1n) is 9.34. The molecule has 2 aromatic carbocycles. The molecule has 0 aromatic heterocycles. The molecular weight excluding hydrogens is 564 g/mol. The Bertz CT molecular complexity index is 1140. The van der Waals surface area contributed by atoms with Gasteiger partial charge in [-0.15, -0.1) is 0 Å². The van der Waals surface area contributed by atoms with E-state index in [1.165, 1.54) is 0 Å². The normalized spacial score (nSPS) is 14.6. The number of benzene rings is 2. The molecule has 32 heavy (non-hydrogen) atoms. The number of rotatable bonds is 7. The molecule has 2 amide bonds. The highest BCUT2D eigenvalue weighted by Crippen LogP contribution is 2.38. The molecule has 3 rings (SSSR count). The maximum absolute atomic E-state index is 12.8. The maximum Gasteiger partial charge on any atom is 0.344 e. The van der Waals surface area contributed by atoms with Gasteiger partial charge in [-0.1, -0.05) is 18.2 Å². The minimum Gasteiger partial charge on any atom is -0.480 e. The number of esters is 1. The first-order chi connectivity index (χ1) is 15.3. The zero-order valence-electron chi connectivity index (χ0n) is 16.8. The van der Waals surface area contributed by atoms with Gasteiger partial charge in [0, 0.05) is 0 Å². The third-order valence-corrected chi connectivity index (χ3v) is 6.38. The second kappa shape index (κ2) is 10.8. The predicted octanol–water partition coefficient (Wildman–Crippen LogP) is 5.26. The first kappa shape index (κ1) is 24.0. The van der Waals surface area contributed by atoms with Gasteiger partial charge in [-0.3, -0.25) is 14.5 Å². The highest BCUT2D eigenvalue weighted by Gasteiger charge is 2.35. The average molecular weight is 580 g/mol. The molecular formula is C22H16Br2N2O5S. The van der Waals surface area contributed by atoms with Crippen molar-refractivity contribution in [1.82, 2.24) is 4.90 Å². The van der Waals surface area contributed by atoms with Gasteiger partial charge in [0.05, 0.1) is 38.6 Å². The first-order valence-corrected chi connectivity index (χ1v) is 11.7. The van der Waals surface area contributed by atoms with Gasteiger partial charge in [-0.25, -0.2) is 4.79 Å². The van der Waals surface area contributed by atoms with E-state index in [9.17, 15) is 19.6 Å². The largest absolute Gasteiger partial charge is 0.480 e. The SMILES string of the molecule is CCOC(=O)COc1c(Br)cc(/C=C2/SC(=O)N(Cc3ccccc3C#N)C2=O)cc1Br. The monoisotopic (exact) mass is 578 g/mol. The van der Waals surface area contributed by atoms with Gasteiger partial charge in [0.15, 0.2) is 6.61 Å². The predicted molar refractivity (Wildman–Crippen MR) is 127 cm³/mol. The summed E-state index contributed by atoms with van der Waals surface area (Å²) < 4.78 is 11.5. The molecule has 0 spiro atoms. The van der Waals surface area contributed by atoms with Crippen molar-refractivity contribution in [3.63, 3.8) is 0 Å². The fraction of sp³-hybridized carbons (Fsp3) is 0.182. The van der Waals surface area contributed by atoms with Crippen LogP contribution in [0.1, 0.15) is 23.6 Å². The van der Waals surface area contributed by atoms with Gasteiger partial charge in [-0.2, -0.15) is 5.26 Å². The van der Waals surface area contributed by atoms with Crippen molar-refractivity contribution in [2.24, 2.45) is 0 Å². The van der Waals surface area contributed by atoms with Gasteiger partial charge in [0.25, 0.3) is 11.1 Å². The standard InChI is InChI=1S/C22H16Br2N2O5S/c1-2-30-19(27)12-31-20-16(23)7-13(8-17(20)24)9-18-21(28)26(22(29)32-18)11-15-6-4-3-5-14(15)10-25/h3-9H,2,11-12H2,1H3/b18-9+. The van der Waals surface area contributed by atoms with E-state index in [2.05, 4.69) is 37.9 Å². The van der Waals surface area contributed by atoms with Gasteiger partial charge in [-0.05, 0) is 85.9 Å². The van der Waals surface area contributed by atoms with E-state index in [1.54, 1.807) is 49.4 Å². The second-order valence-electron chi connectivity index (χ2n) is 6.44. The minimum absolute atomic E-state index is 0.0275. The molecule has 1 fully saturated rings. The lowest BCUT2D eigenvalue weighted by Crippen LogP contribution is -2.27. The van der Waals surface area contributed by atoms with Crippen molar-refractivity contribution < 1.29 is 23.9 Å². The van der Waals surface area contributed by atoms with E-state index in [-0.39, 0.29) is 24.7 Å². The van der Waals surface area contributed by atoms with Crippen molar-refractivity contribution in [2.45, 2.75) is 13.5 Å². The number of halogens is 2. The third kappa shape index (κ3) is 5.59. The van der Waals surface area contributed by atoms with Gasteiger partial charge in [0.2, 0.25) is 0 Å². The van der Waals surface area contributed by atoms with Crippen LogP contribution in [-0.2, 0) is 20.9 Å². The molecule has 0 aliphatic carbocycles. The van der Waals surface area contributed by atoms with E-state index in [4.69, 9.17) is 9.47 Å². The summed E-state index contributed by atoms with van der Waals surface area (Å²) in [5.41, 5.74) is 1.67. The summed E-state index contributed by atoms with van der Waals surface area (Å²) >= 11 is 7.64. The van der Waals surface area contributed by atoms with Crippen molar-refractivity contribution in [2.75, 3.05) is 13.2 Å². The van der Waals surface area contributed by atoms with Crippen LogP contribution in [0.4, 0.5) is 4.79 Å². The summed E-state index contributed by atoms with van der Waals surface area (Å²) in [6, 6.07) is 12.3. The number of nitriles is 1. The lowest BCUT2D eigenvalue weighted by molar-refractivity contribution is -0.145. The number of thioether (sulfide) groups is 1. The molecule has 1 aliphatic rings. The number of carbonyl (C=O) groups excluding carboxylic acids is 3. The van der Waals surface area contributed by atoms with Crippen LogP contribution in [0, 0.1) is 11.3 Å². The molecule has 1 saturated heterocycles. The van der Waals surface area contributed by atoms with Crippen molar-refractivity contribution in [3.8, 4) is 11.8 Å². The summed E-state index contributed by atoms with van der Waals surface area (Å²) in [6.45, 7) is 1.76. The lowest BCUT2D eigenvalue weighted by atomic mass is 10.1. The smallest absolute Gasteiger partial charge is 0.344 e. The van der Waals surface area contributed by atoms with E-state index in [1.807, 2.05) is 0 Å². The van der Waals surface area contributed by atoms with E-state index >= 15 is 0 Å². The quantitative estimate of drug-likeness (QED) is 0.326. The summed E-state index contributed by atoms with van der Waals surface area (Å²) in [5.74, 6) is -0.499. The Labute approximate surface area is 205 Å². The maximum atomic E-state index is 12.8. The van der Waals surface area contributed by atoms with Crippen LogP contribution >= 0.6 is 43.6 Å². The van der Waals surface area contributed by atoms with Crippen molar-refractivity contribution >= 4 is 66.8 Å². The molecule has 164 valence electrons. The van der Waals surface area contributed by atoms with Crippen molar-refractivity contribution in [3.05, 3.63) is 66.9 Å². The van der Waals surface area contributed by atoms with E-state index in [0.717, 1.165) is 16.7 Å². The van der Waals surface area contributed by atoms with Crippen LogP contribution < -0.4 is 4.74 Å². The molecule has 0 saturated carbocycles. The number of hydrogen-bond donors (Lipinski definition) is 0. The van der Waals surface area contributed by atoms with Crippen LogP contribution in [-0.4, -0.2) is 35.2 Å². The van der Waals surface area contributed by atoms with Crippen LogP contribution in [0.2, 0.25) is 0 Å². The molecule has 1 aliphatic heterocycles. The van der Waals surface area contributed by atoms with Crippen LogP contribution in [0.5, 0.6) is 5.75 Å². The van der Waals surface area contributed by atoms with Gasteiger partial charge in [0.1, 0.15) is 5.75 Å². The molecule has 0 atom stereocenters. The van der Waals surface area contributed by atoms with Gasteiger partial charge < -0.3 is 9.47 Å². The fourth-order valence-corrected chi connectivity index (χ4v) is 5.15. The number of nitrogens with zero attached hydrogens (tertiary/aromatic N) is 2. The lowest BCUT2D eigenvalue weighted by Gasteiger charge is -2.13. The Morgan fingerprint density at radius 2 is 1.91 bits per heavy atom. The number of ether oxygens (including phenoxy) is 2. The van der Waals surface area contributed by atoms with Crippen LogP contribution in [0.3, 0.4) is 0 Å². The minimum atomic E-state index is -0.484. The van der Waals surface area contributed by atoms with E-state index in [0.29, 0.717) is 31.4 Å². The number of imide groups is 1. The summed E-state index contributed by atoms with van der Waals surface area (Å²) in [6.07, 6.45) is 1.60. The molecule has 0 bridgehead atoms. The van der Waals surface area contributed by atoms with Crippen LogP contribution in [0.15, 0.2) is 50.2 Å². The summed E-state index contributed by atoms with van der Waals surface area (Å²) in [7, 11) is 0. The van der Waals surface area contributed by atoms with Crippen LogP contribution in [0.25, 0.3) is 6.08 Å². The zero-order chi connectivity index (χ0) is 23.3. The number of carbonyl (C=O) groups is 3. The highest BCUT2D eigenvalue weighted by atomic mass is 79.9. The molecule has 7 nitrogen and oxygen atoms in total. The average Bonchev–Trinajstić information content (AvgIpc) is 3.01. The van der Waals surface area contributed by atoms with Gasteiger partial charge >= 0.3 is 5.97 Å². The Morgan fingerprint density at radius 1 is 1.22 bits per heavy atom. The van der Waals surface area contributed by atoms with Crippen molar-refractivity contribution in [1.29, 1.82) is 5.26 Å². The Kier molecular flexibility index (Phi) is 8.12. The molecule has 0 N–H and O–H groups in total. The molecule has 0 unspecified atom stereocenters.